The Balaban J connectivity index is 4.22. The van der Waals surface area contributed by atoms with Crippen LogP contribution in [0.25, 0.3) is 0 Å². The molecule has 0 spiro atoms. The first-order valence-corrected chi connectivity index (χ1v) is 4.30. The van der Waals surface area contributed by atoms with E-state index in [0.717, 1.165) is 0 Å². The van der Waals surface area contributed by atoms with E-state index >= 15 is 0 Å². The molecule has 5 nitrogen and oxygen atoms in total. The van der Waals surface area contributed by atoms with Crippen LogP contribution >= 0.6 is 7.94 Å². The molecule has 0 aromatic carbocycles. The molecule has 0 aliphatic heterocycles. The fraction of sp³-hybridized carbons (Fsp3) is 0.750. The molecule has 6 heteroatoms. The van der Waals surface area contributed by atoms with Gasteiger partial charge in [-0.2, -0.15) is 0 Å². The van der Waals surface area contributed by atoms with Crippen molar-refractivity contribution in [3.05, 3.63) is 0 Å². The van der Waals surface area contributed by atoms with Crippen LogP contribution < -0.4 is 9.79 Å². The van der Waals surface area contributed by atoms with Crippen LogP contribution in [-0.2, 0) is 4.79 Å². The maximum atomic E-state index is 10.2. The van der Waals surface area contributed by atoms with Gasteiger partial charge in [0.15, 0.2) is 5.66 Å². The van der Waals surface area contributed by atoms with Gasteiger partial charge in [-0.15, -0.1) is 0 Å². The van der Waals surface area contributed by atoms with Gasteiger partial charge in [-0.1, -0.05) is 6.92 Å². The van der Waals surface area contributed by atoms with Crippen LogP contribution in [0.2, 0.25) is 0 Å². The predicted molar refractivity (Wildman–Crippen MR) is 30.9 cm³/mol. The van der Waals surface area contributed by atoms with Crippen LogP contribution in [0, 0.1) is 0 Å². The maximum Gasteiger partial charge on any atom is 0.346 e. The quantitative estimate of drug-likeness (QED) is 0.489. The first-order chi connectivity index (χ1) is 4.39. The summed E-state index contributed by atoms with van der Waals surface area (Å²) in [4.78, 5) is 38.7. The first-order valence-electron chi connectivity index (χ1n) is 2.66. The summed E-state index contributed by atoms with van der Waals surface area (Å²) < 4.78 is 0. The third-order valence-corrected chi connectivity index (χ3v) is 2.44. The summed E-state index contributed by atoms with van der Waals surface area (Å²) in [7, 11) is -4.68. The monoisotopic (exact) mass is 167 g/mol. The van der Waals surface area contributed by atoms with Crippen LogP contribution in [0.1, 0.15) is 13.3 Å². The zero-order valence-electron chi connectivity index (χ0n) is 5.35. The van der Waals surface area contributed by atoms with E-state index in [2.05, 4.69) is 0 Å². The van der Waals surface area contributed by atoms with Crippen molar-refractivity contribution in [2.24, 2.45) is 0 Å². The number of hydrogen-bond donors (Lipinski definition) is 2. The number of aliphatic carboxylic acids is 1. The Morgan fingerprint density at radius 2 is 2.10 bits per heavy atom. The van der Waals surface area contributed by atoms with Crippen molar-refractivity contribution in [3.63, 3.8) is 0 Å². The van der Waals surface area contributed by atoms with Crippen LogP contribution in [0.5, 0.6) is 0 Å². The molecule has 2 N–H and O–H groups in total. The van der Waals surface area contributed by atoms with E-state index in [9.17, 15) is 14.6 Å². The van der Waals surface area contributed by atoms with Crippen molar-refractivity contribution in [2.75, 3.05) is 0 Å². The number of rotatable bonds is 3. The van der Waals surface area contributed by atoms with Gasteiger partial charge in [0.1, 0.15) is 0 Å². The molecule has 0 bridgehead atoms. The van der Waals surface area contributed by atoms with E-state index in [1.54, 1.807) is 0 Å². The molecule has 60 valence electrons. The van der Waals surface area contributed by atoms with Gasteiger partial charge < -0.3 is 14.9 Å². The molecule has 0 rings (SSSR count). The van der Waals surface area contributed by atoms with E-state index in [-0.39, 0.29) is 6.42 Å². The maximum absolute atomic E-state index is 10.2. The van der Waals surface area contributed by atoms with Crippen LogP contribution in [-0.4, -0.2) is 21.6 Å². The summed E-state index contributed by atoms with van der Waals surface area (Å²) in [5, 5.41) is 8.18. The smallest absolute Gasteiger partial charge is 0.346 e. The van der Waals surface area contributed by atoms with Gasteiger partial charge in [-0.25, -0.2) is 4.79 Å². The summed E-state index contributed by atoms with van der Waals surface area (Å²) in [6.45, 7) is 1.37. The molecule has 0 saturated carbocycles. The molecule has 0 heterocycles. The first kappa shape index (κ1) is 9.78. The van der Waals surface area contributed by atoms with Crippen molar-refractivity contribution < 1.29 is 24.6 Å². The summed E-state index contributed by atoms with van der Waals surface area (Å²) in [6.07, 6.45) is -0.118. The lowest BCUT2D eigenvalue weighted by molar-refractivity contribution is -0.334. The number of hydrogen-bond acceptors (Lipinski definition) is 4. The summed E-state index contributed by atoms with van der Waals surface area (Å²) in [5.74, 6) is -1.51. The van der Waals surface area contributed by atoms with Gasteiger partial charge in [0, 0.05) is 0 Å². The molecule has 0 amide bonds. The van der Waals surface area contributed by atoms with Gasteiger partial charge in [-0.3, -0.25) is 4.89 Å². The van der Waals surface area contributed by atoms with Crippen LogP contribution in [0.15, 0.2) is 0 Å². The SMILES string of the molecule is CCC(C(=O)O)[P+]([O-])([O-])O. The second-order valence-corrected chi connectivity index (χ2v) is 3.58. The van der Waals surface area contributed by atoms with Crippen LogP contribution in [0.3, 0.4) is 0 Å². The minimum Gasteiger partial charge on any atom is -0.659 e. The molecule has 0 aromatic heterocycles. The molecule has 1 atom stereocenters. The van der Waals surface area contributed by atoms with E-state index in [1.165, 1.54) is 6.92 Å². The highest BCUT2D eigenvalue weighted by Gasteiger charge is 2.30. The highest BCUT2D eigenvalue weighted by molar-refractivity contribution is 7.57. The normalized spacial score (nSPS) is 14.8. The molecular weight excluding hydrogens is 159 g/mol. The number of carboxylic acids is 1. The highest BCUT2D eigenvalue weighted by atomic mass is 31.2. The minimum atomic E-state index is -4.68. The average molecular weight is 167 g/mol. The van der Waals surface area contributed by atoms with Crippen molar-refractivity contribution in [3.8, 4) is 0 Å². The molecule has 1 unspecified atom stereocenters. The molecule has 0 radical (unpaired) electrons. The lowest BCUT2D eigenvalue weighted by Gasteiger charge is -2.32. The Kier molecular flexibility index (Phi) is 3.18. The van der Waals surface area contributed by atoms with E-state index < -0.39 is 19.6 Å². The lowest BCUT2D eigenvalue weighted by atomic mass is 10.3. The molecule has 0 saturated heterocycles. The summed E-state index contributed by atoms with van der Waals surface area (Å²) in [5.41, 5.74) is -1.66. The van der Waals surface area contributed by atoms with Crippen molar-refractivity contribution in [2.45, 2.75) is 19.0 Å². The Morgan fingerprint density at radius 1 is 1.70 bits per heavy atom. The average Bonchev–Trinajstić information content (AvgIpc) is 1.60. The molecular formula is C4H8O5P-. The fourth-order valence-electron chi connectivity index (χ4n) is 0.545. The highest BCUT2D eigenvalue weighted by Crippen LogP contribution is 2.42. The van der Waals surface area contributed by atoms with E-state index in [0.29, 0.717) is 0 Å². The predicted octanol–water partition coefficient (Wildman–Crippen LogP) is -1.67. The molecule has 10 heavy (non-hydrogen) atoms. The zero-order valence-corrected chi connectivity index (χ0v) is 6.25. The molecule has 0 aliphatic carbocycles. The largest absolute Gasteiger partial charge is 0.659 e. The fourth-order valence-corrected chi connectivity index (χ4v) is 1.29. The summed E-state index contributed by atoms with van der Waals surface area (Å²) in [6, 6.07) is 0. The standard InChI is InChI=1S/C4H9O5P/c1-2-3(4(5)6)10(7,8)9/h3H,2H2,1H3,(H,5,6)(H2,7,8,9)/p-1. The Morgan fingerprint density at radius 3 is 2.10 bits per heavy atom. The zero-order chi connectivity index (χ0) is 8.36. The topological polar surface area (TPSA) is 104 Å². The second-order valence-electron chi connectivity index (χ2n) is 1.83. The van der Waals surface area contributed by atoms with Gasteiger partial charge >= 0.3 is 5.97 Å². The van der Waals surface area contributed by atoms with Gasteiger partial charge in [-0.05, 0) is 6.42 Å². The lowest BCUT2D eigenvalue weighted by Crippen LogP contribution is -2.36. The summed E-state index contributed by atoms with van der Waals surface area (Å²) >= 11 is 0. The molecule has 0 aromatic rings. The van der Waals surface area contributed by atoms with Crippen LogP contribution in [0.4, 0.5) is 0 Å². The Labute approximate surface area is 58.5 Å². The number of carbonyl (C=O) groups is 1. The van der Waals surface area contributed by atoms with Gasteiger partial charge in [0.25, 0.3) is 0 Å². The van der Waals surface area contributed by atoms with Crippen molar-refractivity contribution >= 4 is 13.9 Å². The van der Waals surface area contributed by atoms with Crippen molar-refractivity contribution in [1.82, 2.24) is 0 Å². The van der Waals surface area contributed by atoms with Gasteiger partial charge in [0.05, 0.1) is 7.94 Å². The second kappa shape index (κ2) is 3.25. The molecule has 0 fully saturated rings. The minimum absolute atomic E-state index is 0.118. The molecule has 0 aliphatic rings. The van der Waals surface area contributed by atoms with Crippen molar-refractivity contribution in [1.29, 1.82) is 0 Å². The third kappa shape index (κ3) is 2.58. The number of carboxylic acid groups (broad SMARTS) is 1. The Bertz CT molecular complexity index is 128. The van der Waals surface area contributed by atoms with E-state index in [1.807, 2.05) is 0 Å². The van der Waals surface area contributed by atoms with E-state index in [4.69, 9.17) is 10.00 Å². The Hall–Kier alpha value is -0.220. The van der Waals surface area contributed by atoms with Gasteiger partial charge in [0.2, 0.25) is 0 Å². The third-order valence-electron chi connectivity index (χ3n) is 1.07.